The van der Waals surface area contributed by atoms with Crippen molar-refractivity contribution in [1.29, 1.82) is 0 Å². The second-order valence-electron chi connectivity index (χ2n) is 12.4. The van der Waals surface area contributed by atoms with Crippen molar-refractivity contribution in [3.8, 4) is 11.5 Å². The van der Waals surface area contributed by atoms with Crippen LogP contribution in [0.15, 0.2) is 59.3 Å². The number of fused-ring (bicyclic) bond motifs is 1. The number of aliphatic hydroxyl groups is 1. The lowest BCUT2D eigenvalue weighted by atomic mass is 9.38. The number of carbonyl (C=O) groups is 1. The second-order valence-corrected chi connectivity index (χ2v) is 12.4. The predicted molar refractivity (Wildman–Crippen MR) is 155 cm³/mol. The molecule has 0 unspecified atom stereocenters. The number of hydrogen-bond acceptors (Lipinski definition) is 11. The van der Waals surface area contributed by atoms with Gasteiger partial charge in [0.15, 0.2) is 5.82 Å². The molecule has 11 nitrogen and oxygen atoms in total. The fourth-order valence-corrected chi connectivity index (χ4v) is 6.56. The number of hydrogen-bond donors (Lipinski definition) is 3. The van der Waals surface area contributed by atoms with Crippen LogP contribution in [0.1, 0.15) is 66.5 Å². The molecule has 3 N–H and O–H groups in total. The third-order valence-corrected chi connectivity index (χ3v) is 9.06. The SMILES string of the molecule is CN(C)C12CC(c3noc(-c4cnc(Nc5ccc6c(c5)C(C)(C)OC6=O)nc4N[C@H](CO)c4ccccc4)n3)(C1)C2. The first-order valence-corrected chi connectivity index (χ1v) is 14.1. The first kappa shape index (κ1) is 26.5. The van der Waals surface area contributed by atoms with E-state index in [4.69, 9.17) is 19.2 Å². The third-order valence-electron chi connectivity index (χ3n) is 9.06. The summed E-state index contributed by atoms with van der Waals surface area (Å²) in [7, 11) is 4.24. The normalized spacial score (nSPS) is 23.9. The highest BCUT2D eigenvalue weighted by atomic mass is 16.6. The Morgan fingerprint density at radius 2 is 1.81 bits per heavy atom. The Kier molecular flexibility index (Phi) is 5.90. The number of aromatic nitrogens is 4. The molecule has 0 amide bonds. The zero-order chi connectivity index (χ0) is 29.3. The number of rotatable bonds is 9. The molecule has 3 heterocycles. The zero-order valence-electron chi connectivity index (χ0n) is 24.0. The molecule has 0 saturated heterocycles. The van der Waals surface area contributed by atoms with Crippen molar-refractivity contribution in [2.75, 3.05) is 31.3 Å². The van der Waals surface area contributed by atoms with Gasteiger partial charge in [-0.25, -0.2) is 9.78 Å². The van der Waals surface area contributed by atoms with Crippen LogP contribution in [0, 0.1) is 0 Å². The Hall–Kier alpha value is -4.35. The summed E-state index contributed by atoms with van der Waals surface area (Å²) in [5.41, 5.74) is 2.97. The van der Waals surface area contributed by atoms with E-state index in [-0.39, 0.29) is 23.5 Å². The monoisotopic (exact) mass is 567 g/mol. The minimum absolute atomic E-state index is 0.0356. The highest BCUT2D eigenvalue weighted by molar-refractivity contribution is 5.95. The Labute approximate surface area is 243 Å². The van der Waals surface area contributed by atoms with E-state index in [1.165, 1.54) is 0 Å². The average Bonchev–Trinajstić information content (AvgIpc) is 3.48. The number of nitrogens with one attached hydrogen (secondary N) is 2. The zero-order valence-corrected chi connectivity index (χ0v) is 24.0. The first-order valence-electron chi connectivity index (χ1n) is 14.1. The van der Waals surface area contributed by atoms with Crippen LogP contribution in [0.25, 0.3) is 11.5 Å². The van der Waals surface area contributed by atoms with Crippen LogP contribution in [0.3, 0.4) is 0 Å². The molecule has 4 aliphatic rings. The average molecular weight is 568 g/mol. The van der Waals surface area contributed by atoms with Crippen LogP contribution < -0.4 is 10.6 Å². The van der Waals surface area contributed by atoms with E-state index in [9.17, 15) is 9.90 Å². The number of esters is 1. The van der Waals surface area contributed by atoms with E-state index in [0.717, 1.165) is 30.4 Å². The number of aliphatic hydroxyl groups excluding tert-OH is 1. The van der Waals surface area contributed by atoms with Crippen LogP contribution in [0.4, 0.5) is 17.5 Å². The molecule has 11 heteroatoms. The summed E-state index contributed by atoms with van der Waals surface area (Å²) in [6.07, 6.45) is 4.70. The molecule has 8 rings (SSSR count). The lowest BCUT2D eigenvalue weighted by molar-refractivity contribution is -0.156. The van der Waals surface area contributed by atoms with Crippen molar-refractivity contribution >= 4 is 23.4 Å². The number of cyclic esters (lactones) is 1. The molecule has 3 saturated carbocycles. The highest BCUT2D eigenvalue weighted by Gasteiger charge is 2.71. The third kappa shape index (κ3) is 4.14. The molecule has 4 aromatic rings. The van der Waals surface area contributed by atoms with E-state index >= 15 is 0 Å². The molecule has 3 aliphatic carbocycles. The molecule has 0 radical (unpaired) electrons. The summed E-state index contributed by atoms with van der Waals surface area (Å²) in [6, 6.07) is 14.6. The van der Waals surface area contributed by atoms with Gasteiger partial charge in [-0.3, -0.25) is 0 Å². The Balaban J connectivity index is 1.21. The van der Waals surface area contributed by atoms with Gasteiger partial charge in [-0.1, -0.05) is 35.5 Å². The minimum atomic E-state index is -0.728. The fraction of sp³-hybridized carbons (Fsp3) is 0.387. The standard InChI is InChI=1S/C31H33N7O4/c1-29(2)22-12-19(10-11-20(22)26(40)41-29)33-28-32-13-21(24(35-28)34-23(14-39)18-8-6-5-7-9-18)25-36-27(37-42-25)30-15-31(16-30,17-30)38(3)4/h5-13,23,39H,14-17H2,1-4H3,(H2,32,33,34,35)/t23-,30?,31?/m1/s1. The van der Waals surface area contributed by atoms with E-state index in [1.54, 1.807) is 18.3 Å². The Morgan fingerprint density at radius 1 is 1.05 bits per heavy atom. The summed E-state index contributed by atoms with van der Waals surface area (Å²) in [6.45, 7) is 3.56. The molecule has 2 bridgehead atoms. The fourth-order valence-electron chi connectivity index (χ4n) is 6.56. The van der Waals surface area contributed by atoms with Gasteiger partial charge < -0.3 is 29.9 Å². The lowest BCUT2D eigenvalue weighted by Crippen LogP contribution is -2.75. The molecule has 3 fully saturated rings. The first-order chi connectivity index (χ1) is 20.1. The van der Waals surface area contributed by atoms with Gasteiger partial charge in [0.1, 0.15) is 17.0 Å². The Bertz CT molecular complexity index is 1660. The van der Waals surface area contributed by atoms with E-state index < -0.39 is 11.6 Å². The van der Waals surface area contributed by atoms with Crippen molar-refractivity contribution < 1.29 is 19.2 Å². The van der Waals surface area contributed by atoms with Crippen molar-refractivity contribution in [3.63, 3.8) is 0 Å². The number of carbonyl (C=O) groups excluding carboxylic acids is 1. The van der Waals surface area contributed by atoms with Gasteiger partial charge in [-0.15, -0.1) is 0 Å². The highest BCUT2D eigenvalue weighted by Crippen LogP contribution is 2.69. The van der Waals surface area contributed by atoms with E-state index in [0.29, 0.717) is 40.3 Å². The van der Waals surface area contributed by atoms with E-state index in [1.807, 2.05) is 50.2 Å². The minimum Gasteiger partial charge on any atom is -0.451 e. The van der Waals surface area contributed by atoms with Crippen molar-refractivity contribution in [1.82, 2.24) is 25.0 Å². The maximum atomic E-state index is 12.2. The summed E-state index contributed by atoms with van der Waals surface area (Å²) in [5, 5.41) is 21.2. The molecule has 1 aliphatic heterocycles. The topological polar surface area (TPSA) is 139 Å². The smallest absolute Gasteiger partial charge is 0.339 e. The second kappa shape index (κ2) is 9.33. The summed E-state index contributed by atoms with van der Waals surface area (Å²) in [5.74, 6) is 1.46. The van der Waals surface area contributed by atoms with Gasteiger partial charge in [-0.05, 0) is 71.0 Å². The number of ether oxygens (including phenoxy) is 1. The lowest BCUT2D eigenvalue weighted by Gasteiger charge is -2.71. The van der Waals surface area contributed by atoms with Crippen molar-refractivity contribution in [3.05, 3.63) is 77.2 Å². The number of nitrogens with zero attached hydrogens (tertiary/aromatic N) is 5. The Morgan fingerprint density at radius 3 is 2.52 bits per heavy atom. The van der Waals surface area contributed by atoms with Gasteiger partial charge in [-0.2, -0.15) is 9.97 Å². The van der Waals surface area contributed by atoms with Crippen LogP contribution in [-0.2, 0) is 15.8 Å². The molecular weight excluding hydrogens is 534 g/mol. The van der Waals surface area contributed by atoms with Gasteiger partial charge in [0, 0.05) is 28.4 Å². The van der Waals surface area contributed by atoms with Gasteiger partial charge in [0.05, 0.1) is 18.2 Å². The van der Waals surface area contributed by atoms with Crippen molar-refractivity contribution in [2.45, 2.75) is 55.7 Å². The molecule has 216 valence electrons. The molecular formula is C31H33N7O4. The van der Waals surface area contributed by atoms with Crippen LogP contribution in [0.2, 0.25) is 0 Å². The number of benzene rings is 2. The van der Waals surface area contributed by atoms with E-state index in [2.05, 4.69) is 39.8 Å². The van der Waals surface area contributed by atoms with Crippen LogP contribution >= 0.6 is 0 Å². The predicted octanol–water partition coefficient (Wildman–Crippen LogP) is 4.56. The quantitative estimate of drug-likeness (QED) is 0.245. The molecule has 0 spiro atoms. The van der Waals surface area contributed by atoms with Gasteiger partial charge in [0.25, 0.3) is 5.89 Å². The largest absolute Gasteiger partial charge is 0.451 e. The molecule has 2 aromatic heterocycles. The van der Waals surface area contributed by atoms with Crippen LogP contribution in [-0.4, -0.2) is 62.3 Å². The maximum absolute atomic E-state index is 12.2. The molecule has 42 heavy (non-hydrogen) atoms. The summed E-state index contributed by atoms with van der Waals surface area (Å²) in [4.78, 5) is 28.7. The van der Waals surface area contributed by atoms with Crippen LogP contribution in [0.5, 0.6) is 0 Å². The maximum Gasteiger partial charge on any atom is 0.339 e. The summed E-state index contributed by atoms with van der Waals surface area (Å²) >= 11 is 0. The summed E-state index contributed by atoms with van der Waals surface area (Å²) < 4.78 is 11.3. The molecule has 1 atom stereocenters. The van der Waals surface area contributed by atoms with Crippen molar-refractivity contribution in [2.24, 2.45) is 0 Å². The molecule has 2 aromatic carbocycles. The number of anilines is 3. The van der Waals surface area contributed by atoms with Gasteiger partial charge in [0.2, 0.25) is 5.95 Å². The van der Waals surface area contributed by atoms with Gasteiger partial charge >= 0.3 is 5.97 Å².